The molecule has 0 aliphatic rings. The highest BCUT2D eigenvalue weighted by Crippen LogP contribution is 2.52. The number of halogens is 10. The minimum atomic E-state index is -6.66. The number of rotatable bonds is 13. The number of alkyl halides is 10. The monoisotopic (exact) mass is 528 g/mol. The van der Waals surface area contributed by atoms with Gasteiger partial charge in [-0.25, -0.2) is 17.5 Å². The predicted molar refractivity (Wildman–Crippen MR) is 93.8 cm³/mol. The molecular formula is C17H24F10NO4S-. The first kappa shape index (κ1) is 31.7. The number of hydrogen-bond donors (Lipinski definition) is 1. The number of carboxylic acids is 1. The molecule has 1 atom stereocenters. The number of carbonyl (C=O) groups is 1. The van der Waals surface area contributed by atoms with Crippen molar-refractivity contribution in [3.8, 4) is 0 Å². The summed E-state index contributed by atoms with van der Waals surface area (Å²) in [5.74, 6) is -5.78. The van der Waals surface area contributed by atoms with E-state index in [2.05, 4.69) is 0 Å². The maximum Gasteiger partial charge on any atom is 0.431 e. The third-order valence-electron chi connectivity index (χ3n) is 4.83. The SMILES string of the molecule is CC(C)(CCCNS(=O)(=O)CCCC(CC(F)(C(F)(F)F)C(F)(F)F)C(F)(F)F)CC(=O)[O-]. The average Bonchev–Trinajstić information content (AvgIpc) is 2.53. The Labute approximate surface area is 184 Å². The van der Waals surface area contributed by atoms with E-state index in [1.54, 1.807) is 13.8 Å². The summed E-state index contributed by atoms with van der Waals surface area (Å²) in [6, 6.07) is 0. The van der Waals surface area contributed by atoms with Crippen molar-refractivity contribution in [2.75, 3.05) is 12.3 Å². The van der Waals surface area contributed by atoms with Crippen molar-refractivity contribution in [2.24, 2.45) is 11.3 Å². The summed E-state index contributed by atoms with van der Waals surface area (Å²) in [6.07, 6.45) is -24.4. The molecule has 1 N–H and O–H groups in total. The number of hydrogen-bond acceptors (Lipinski definition) is 4. The molecule has 0 aromatic rings. The molecule has 198 valence electrons. The van der Waals surface area contributed by atoms with Crippen LogP contribution in [0.5, 0.6) is 0 Å². The molecule has 0 radical (unpaired) electrons. The van der Waals surface area contributed by atoms with E-state index >= 15 is 0 Å². The van der Waals surface area contributed by atoms with Crippen molar-refractivity contribution < 1.29 is 62.2 Å². The third-order valence-corrected chi connectivity index (χ3v) is 6.30. The Morgan fingerprint density at radius 3 is 1.79 bits per heavy atom. The van der Waals surface area contributed by atoms with E-state index in [9.17, 15) is 62.2 Å². The summed E-state index contributed by atoms with van der Waals surface area (Å²) in [6.45, 7) is 2.90. The van der Waals surface area contributed by atoms with E-state index in [4.69, 9.17) is 0 Å². The second-order valence-electron chi connectivity index (χ2n) is 8.41. The largest absolute Gasteiger partial charge is 0.550 e. The van der Waals surface area contributed by atoms with Crippen LogP contribution in [0.15, 0.2) is 0 Å². The highest BCUT2D eigenvalue weighted by molar-refractivity contribution is 7.89. The van der Waals surface area contributed by atoms with Gasteiger partial charge in [-0.2, -0.15) is 39.5 Å². The predicted octanol–water partition coefficient (Wildman–Crippen LogP) is 4.03. The molecule has 0 aromatic heterocycles. The summed E-state index contributed by atoms with van der Waals surface area (Å²) in [4.78, 5) is 10.6. The molecule has 0 spiro atoms. The van der Waals surface area contributed by atoms with Gasteiger partial charge in [0.15, 0.2) is 0 Å². The molecule has 33 heavy (non-hydrogen) atoms. The van der Waals surface area contributed by atoms with E-state index in [0.717, 1.165) is 0 Å². The Morgan fingerprint density at radius 1 is 0.909 bits per heavy atom. The van der Waals surface area contributed by atoms with Crippen LogP contribution >= 0.6 is 0 Å². The van der Waals surface area contributed by atoms with Gasteiger partial charge in [0.1, 0.15) is 0 Å². The zero-order chi connectivity index (χ0) is 26.5. The van der Waals surface area contributed by atoms with Crippen LogP contribution in [-0.4, -0.2) is 50.9 Å². The molecule has 0 aromatic carbocycles. The molecule has 5 nitrogen and oxygen atoms in total. The lowest BCUT2D eigenvalue weighted by Crippen LogP contribution is -2.55. The Morgan fingerprint density at radius 2 is 1.39 bits per heavy atom. The van der Waals surface area contributed by atoms with Gasteiger partial charge < -0.3 is 9.90 Å². The smallest absolute Gasteiger partial charge is 0.431 e. The van der Waals surface area contributed by atoms with Gasteiger partial charge in [-0.3, -0.25) is 0 Å². The van der Waals surface area contributed by atoms with E-state index in [1.165, 1.54) is 0 Å². The molecule has 0 saturated heterocycles. The van der Waals surface area contributed by atoms with E-state index in [0.29, 0.717) is 0 Å². The zero-order valence-electron chi connectivity index (χ0n) is 17.6. The first-order valence-electron chi connectivity index (χ1n) is 9.50. The van der Waals surface area contributed by atoms with Crippen LogP contribution in [-0.2, 0) is 14.8 Å². The number of carbonyl (C=O) groups excluding carboxylic acids is 1. The molecule has 0 aliphatic carbocycles. The fourth-order valence-corrected chi connectivity index (χ4v) is 4.13. The van der Waals surface area contributed by atoms with Crippen LogP contribution in [0.2, 0.25) is 0 Å². The maximum atomic E-state index is 13.7. The van der Waals surface area contributed by atoms with Gasteiger partial charge in [0.2, 0.25) is 10.0 Å². The molecular weight excluding hydrogens is 504 g/mol. The van der Waals surface area contributed by atoms with Crippen molar-refractivity contribution >= 4 is 16.0 Å². The van der Waals surface area contributed by atoms with Gasteiger partial charge >= 0.3 is 18.5 Å². The van der Waals surface area contributed by atoms with Crippen LogP contribution in [0, 0.1) is 11.3 Å². The number of carboxylic acid groups (broad SMARTS) is 1. The molecule has 1 unspecified atom stereocenters. The highest BCUT2D eigenvalue weighted by atomic mass is 32.2. The fourth-order valence-electron chi connectivity index (χ4n) is 2.98. The number of nitrogens with one attached hydrogen (secondary N) is 1. The molecule has 16 heteroatoms. The van der Waals surface area contributed by atoms with Gasteiger partial charge in [0.05, 0.1) is 11.7 Å². The first-order chi connectivity index (χ1) is 14.4. The molecule has 0 saturated carbocycles. The van der Waals surface area contributed by atoms with Crippen LogP contribution < -0.4 is 9.83 Å². The van der Waals surface area contributed by atoms with Gasteiger partial charge in [-0.15, -0.1) is 0 Å². The number of aliphatic carboxylic acids is 1. The van der Waals surface area contributed by atoms with Crippen molar-refractivity contribution in [3.05, 3.63) is 0 Å². The van der Waals surface area contributed by atoms with Gasteiger partial charge in [0.25, 0.3) is 5.67 Å². The lowest BCUT2D eigenvalue weighted by molar-refractivity contribution is -0.352. The standard InChI is InChI=1S/C17H25F10NO4S/c1-13(2,10-12(29)30)6-4-7-28-33(31,32)8-3-5-11(15(19,20)21)9-14(18,16(22,23)24)17(25,26)27/h11,28H,3-10H2,1-2H3,(H,29,30)/p-1. The van der Waals surface area contributed by atoms with Gasteiger partial charge in [0, 0.05) is 18.9 Å². The second-order valence-corrected chi connectivity index (χ2v) is 10.3. The average molecular weight is 528 g/mol. The summed E-state index contributed by atoms with van der Waals surface area (Å²) in [5, 5.41) is 10.6. The van der Waals surface area contributed by atoms with E-state index in [1.807, 2.05) is 4.72 Å². The quantitative estimate of drug-likeness (QED) is 0.289. The summed E-state index contributed by atoms with van der Waals surface area (Å²) >= 11 is 0. The van der Waals surface area contributed by atoms with Crippen LogP contribution in [0.4, 0.5) is 43.9 Å². The molecule has 0 aliphatic heterocycles. The Hall–Kier alpha value is -1.32. The Bertz CT molecular complexity index is 730. The molecule has 0 heterocycles. The molecule has 0 bridgehead atoms. The Kier molecular flexibility index (Phi) is 10.5. The molecule has 0 rings (SSSR count). The van der Waals surface area contributed by atoms with E-state index in [-0.39, 0.29) is 25.8 Å². The topological polar surface area (TPSA) is 86.3 Å². The zero-order valence-corrected chi connectivity index (χ0v) is 18.4. The maximum absolute atomic E-state index is 13.7. The second kappa shape index (κ2) is 11.0. The molecule has 0 amide bonds. The van der Waals surface area contributed by atoms with Crippen molar-refractivity contribution in [2.45, 2.75) is 76.6 Å². The minimum absolute atomic E-state index is 0.131. The normalized spacial score (nSPS) is 15.5. The van der Waals surface area contributed by atoms with Crippen LogP contribution in [0.3, 0.4) is 0 Å². The summed E-state index contributed by atoms with van der Waals surface area (Å²) in [7, 11) is -4.25. The van der Waals surface area contributed by atoms with E-state index < -0.39 is 76.5 Å². The van der Waals surface area contributed by atoms with Crippen molar-refractivity contribution in [1.82, 2.24) is 4.72 Å². The van der Waals surface area contributed by atoms with Crippen molar-refractivity contribution in [3.63, 3.8) is 0 Å². The van der Waals surface area contributed by atoms with Gasteiger partial charge in [-0.1, -0.05) is 13.8 Å². The minimum Gasteiger partial charge on any atom is -0.550 e. The fraction of sp³-hybridized carbons (Fsp3) is 0.941. The lowest BCUT2D eigenvalue weighted by atomic mass is 9.84. The van der Waals surface area contributed by atoms with Crippen molar-refractivity contribution in [1.29, 1.82) is 0 Å². The van der Waals surface area contributed by atoms with Gasteiger partial charge in [-0.05, 0) is 37.5 Å². The Balaban J connectivity index is 5.00. The third kappa shape index (κ3) is 10.6. The first-order valence-corrected chi connectivity index (χ1v) is 11.1. The molecule has 0 fully saturated rings. The van der Waals surface area contributed by atoms with Crippen LogP contribution in [0.25, 0.3) is 0 Å². The lowest BCUT2D eigenvalue weighted by Gasteiger charge is -2.33. The highest BCUT2D eigenvalue weighted by Gasteiger charge is 2.73. The summed E-state index contributed by atoms with van der Waals surface area (Å²) < 4.78 is 154. The summed E-state index contributed by atoms with van der Waals surface area (Å²) in [5.41, 5.74) is -6.85. The van der Waals surface area contributed by atoms with Crippen LogP contribution in [0.1, 0.15) is 52.4 Å². The number of sulfonamides is 1.